The van der Waals surface area contributed by atoms with Crippen molar-refractivity contribution in [1.29, 1.82) is 0 Å². The van der Waals surface area contributed by atoms with Gasteiger partial charge in [0.2, 0.25) is 0 Å². The van der Waals surface area contributed by atoms with E-state index in [0.717, 1.165) is 83.3 Å². The first-order valence-corrected chi connectivity index (χ1v) is 24.9. The second kappa shape index (κ2) is 18.0. The average molecular weight is 905 g/mol. The summed E-state index contributed by atoms with van der Waals surface area (Å²) in [7, 11) is 0. The zero-order valence-electron chi connectivity index (χ0n) is 39.0. The van der Waals surface area contributed by atoms with Crippen molar-refractivity contribution in [3.63, 3.8) is 0 Å². The number of ether oxygens (including phenoxy) is 1. The van der Waals surface area contributed by atoms with E-state index in [0.29, 0.717) is 0 Å². The summed E-state index contributed by atoms with van der Waals surface area (Å²) in [5, 5.41) is 1.20. The first-order valence-electron chi connectivity index (χ1n) is 24.9. The van der Waals surface area contributed by atoms with E-state index in [-0.39, 0.29) is 17.9 Å². The van der Waals surface area contributed by atoms with E-state index in [1.165, 1.54) is 55.5 Å². The van der Waals surface area contributed by atoms with Gasteiger partial charge in [-0.1, -0.05) is 164 Å². The highest BCUT2D eigenvalue weighted by atomic mass is 16.5. The van der Waals surface area contributed by atoms with Gasteiger partial charge in [0.05, 0.1) is 11.4 Å². The molecule has 0 saturated heterocycles. The maximum atomic E-state index is 6.67. The van der Waals surface area contributed by atoms with E-state index < -0.39 is 0 Å². The van der Waals surface area contributed by atoms with Crippen LogP contribution < -0.4 is 14.5 Å². The van der Waals surface area contributed by atoms with Crippen molar-refractivity contribution in [2.45, 2.75) is 50.0 Å². The molecule has 0 spiro atoms. The van der Waals surface area contributed by atoms with E-state index in [4.69, 9.17) is 9.15 Å². The van der Waals surface area contributed by atoms with E-state index in [9.17, 15) is 0 Å². The highest BCUT2D eigenvalue weighted by molar-refractivity contribution is 5.98. The molecule has 3 unspecified atom stereocenters. The van der Waals surface area contributed by atoms with Crippen LogP contribution in [0.15, 0.2) is 241 Å². The number of hydrogen-bond acceptors (Lipinski definition) is 4. The minimum Gasteiger partial charge on any atom is -0.483 e. The van der Waals surface area contributed by atoms with Crippen molar-refractivity contribution in [3.8, 4) is 5.75 Å². The zero-order chi connectivity index (χ0) is 46.4. The van der Waals surface area contributed by atoms with Crippen LogP contribution in [0.25, 0.3) is 33.8 Å². The van der Waals surface area contributed by atoms with E-state index in [1.807, 2.05) is 0 Å². The predicted molar refractivity (Wildman–Crippen MR) is 290 cm³/mol. The highest BCUT2D eigenvalue weighted by Gasteiger charge is 2.39. The van der Waals surface area contributed by atoms with Gasteiger partial charge < -0.3 is 19.0 Å². The molecule has 0 N–H and O–H groups in total. The lowest BCUT2D eigenvalue weighted by molar-refractivity contribution is 0.253. The number of para-hydroxylation sites is 4. The largest absolute Gasteiger partial charge is 0.483 e. The van der Waals surface area contributed by atoms with Gasteiger partial charge >= 0.3 is 0 Å². The molecular weight excluding hydrogens is 853 g/mol. The van der Waals surface area contributed by atoms with Gasteiger partial charge in [-0.05, 0) is 144 Å². The van der Waals surface area contributed by atoms with Crippen molar-refractivity contribution >= 4 is 62.2 Å². The first kappa shape index (κ1) is 41.8. The lowest BCUT2D eigenvalue weighted by Crippen LogP contribution is -2.32. The number of benzene rings is 7. The van der Waals surface area contributed by atoms with Crippen LogP contribution in [0.4, 0.5) is 28.4 Å². The molecule has 4 heteroatoms. The summed E-state index contributed by atoms with van der Waals surface area (Å²) in [5.41, 5.74) is 19.1. The fraction of sp³-hybridized carbons (Fsp3) is 0.121. The van der Waals surface area contributed by atoms with E-state index >= 15 is 0 Å². The summed E-state index contributed by atoms with van der Waals surface area (Å²) in [6.45, 7) is 0. The summed E-state index contributed by atoms with van der Waals surface area (Å²) < 4.78 is 13.3. The van der Waals surface area contributed by atoms with Crippen LogP contribution >= 0.6 is 0 Å². The molecule has 0 saturated carbocycles. The lowest BCUT2D eigenvalue weighted by atomic mass is 9.81. The Kier molecular flexibility index (Phi) is 10.7. The molecule has 0 radical (unpaired) electrons. The Morgan fingerprint density at radius 2 is 1.23 bits per heavy atom. The third kappa shape index (κ3) is 7.57. The molecule has 7 aromatic carbocycles. The minimum absolute atomic E-state index is 0.103. The van der Waals surface area contributed by atoms with Crippen molar-refractivity contribution in [3.05, 3.63) is 275 Å². The van der Waals surface area contributed by atoms with Crippen LogP contribution in [-0.4, -0.2) is 6.10 Å². The smallest absolute Gasteiger partial charge is 0.159 e. The Hall–Kier alpha value is -8.34. The van der Waals surface area contributed by atoms with E-state index in [2.05, 4.69) is 246 Å². The second-order valence-corrected chi connectivity index (χ2v) is 18.9. The third-order valence-corrected chi connectivity index (χ3v) is 14.7. The highest BCUT2D eigenvalue weighted by Crippen LogP contribution is 2.48. The van der Waals surface area contributed by atoms with Crippen LogP contribution in [0.1, 0.15) is 76.7 Å². The molecule has 13 rings (SSSR count). The third-order valence-electron chi connectivity index (χ3n) is 14.7. The quantitative estimate of drug-likeness (QED) is 0.137. The van der Waals surface area contributed by atoms with Gasteiger partial charge in [-0.15, -0.1) is 0 Å². The number of hydrogen-bond donors (Lipinski definition) is 0. The number of aryl methyl sites for hydroxylation is 1. The van der Waals surface area contributed by atoms with Crippen LogP contribution in [0.3, 0.4) is 0 Å². The van der Waals surface area contributed by atoms with Crippen molar-refractivity contribution in [2.75, 3.05) is 9.80 Å². The fourth-order valence-electron chi connectivity index (χ4n) is 11.4. The SMILES string of the molecule is C1=CC2c3ccccc3OC2C(N(c2ccccc2)c2ccc(C3=CCCC(c4ccccc4C4C=C(c5ccc(N(c6ccccc6)c6cccc7c8c(oc67)C=CCC8)cc5)C=CC4)=C3)cc2)=C1. The maximum Gasteiger partial charge on any atom is 0.159 e. The predicted octanol–water partition coefficient (Wildman–Crippen LogP) is 17.4. The van der Waals surface area contributed by atoms with Crippen LogP contribution in [0.5, 0.6) is 5.75 Å². The van der Waals surface area contributed by atoms with Crippen molar-refractivity contribution < 1.29 is 9.15 Å². The normalized spacial score (nSPS) is 18.7. The molecule has 3 atom stereocenters. The fourth-order valence-corrected chi connectivity index (χ4v) is 11.4. The summed E-state index contributed by atoms with van der Waals surface area (Å²) in [4.78, 5) is 4.69. The van der Waals surface area contributed by atoms with Gasteiger partial charge in [0.15, 0.2) is 5.58 Å². The summed E-state index contributed by atoms with van der Waals surface area (Å²) in [6, 6.07) is 63.6. The Morgan fingerprint density at radius 1 is 0.543 bits per heavy atom. The molecule has 70 heavy (non-hydrogen) atoms. The molecule has 338 valence electrons. The first-order chi connectivity index (χ1) is 34.7. The molecule has 2 heterocycles. The molecule has 1 aromatic heterocycles. The van der Waals surface area contributed by atoms with Crippen LogP contribution in [0, 0.1) is 0 Å². The van der Waals surface area contributed by atoms with Crippen molar-refractivity contribution in [1.82, 2.24) is 0 Å². The average Bonchev–Trinajstić information content (AvgIpc) is 4.02. The number of fused-ring (bicyclic) bond motifs is 6. The molecule has 0 fully saturated rings. The number of allylic oxidation sites excluding steroid dienone is 11. The van der Waals surface area contributed by atoms with Crippen molar-refractivity contribution in [2.24, 2.45) is 0 Å². The number of nitrogens with zero attached hydrogens (tertiary/aromatic N) is 2. The van der Waals surface area contributed by atoms with Gasteiger partial charge in [-0.3, -0.25) is 0 Å². The molecule has 5 aliphatic rings. The Bertz CT molecular complexity index is 3490. The Morgan fingerprint density at radius 3 is 2.03 bits per heavy atom. The molecule has 1 aliphatic heterocycles. The van der Waals surface area contributed by atoms with Gasteiger partial charge in [0, 0.05) is 51.1 Å². The molecule has 0 amide bonds. The lowest BCUT2D eigenvalue weighted by Gasteiger charge is -2.34. The Labute approximate surface area is 410 Å². The number of anilines is 5. The second-order valence-electron chi connectivity index (χ2n) is 18.9. The zero-order valence-corrected chi connectivity index (χ0v) is 39.0. The summed E-state index contributed by atoms with van der Waals surface area (Å²) >= 11 is 0. The standard InChI is InChI=1S/C66H52N2O2/c1-3-21-51(22-4-1)67(61-31-15-29-59-57-27-9-11-33-63(57)69-65(59)61)53-39-35-45(36-40-53)47-17-13-19-49(43-47)55-25-7-8-26-56(55)50-20-14-18-48(44-50)46-37-41-54(42-38-46)68(52-23-5-2-6-24-52)62-32-16-30-60-58-28-10-12-34-64(58)70-66(60)62/h1-9,11-12,14-18,21-27,29-44,50,59,65H,10,13,19-20,28H2. The molecule has 4 nitrogen and oxygen atoms in total. The number of rotatable bonds is 10. The molecule has 0 bridgehead atoms. The molecular formula is C66H52N2O2. The van der Waals surface area contributed by atoms with Gasteiger partial charge in [0.25, 0.3) is 0 Å². The van der Waals surface area contributed by atoms with Gasteiger partial charge in [-0.25, -0.2) is 0 Å². The minimum atomic E-state index is -0.103. The topological polar surface area (TPSA) is 28.9 Å². The monoisotopic (exact) mass is 904 g/mol. The van der Waals surface area contributed by atoms with Crippen LogP contribution in [-0.2, 0) is 6.42 Å². The van der Waals surface area contributed by atoms with Gasteiger partial charge in [-0.2, -0.15) is 0 Å². The van der Waals surface area contributed by atoms with Crippen LogP contribution in [0.2, 0.25) is 0 Å². The number of furan rings is 1. The summed E-state index contributed by atoms with van der Waals surface area (Å²) in [6.07, 6.45) is 27.9. The van der Waals surface area contributed by atoms with Gasteiger partial charge in [0.1, 0.15) is 17.6 Å². The Balaban J connectivity index is 0.773. The molecule has 4 aliphatic carbocycles. The molecule has 8 aromatic rings. The summed E-state index contributed by atoms with van der Waals surface area (Å²) in [5.74, 6) is 2.38. The maximum absolute atomic E-state index is 6.67. The van der Waals surface area contributed by atoms with E-state index in [1.54, 1.807) is 0 Å².